The third-order valence-corrected chi connectivity index (χ3v) is 5.21. The van der Waals surface area contributed by atoms with Gasteiger partial charge in [0.2, 0.25) is 10.0 Å². The van der Waals surface area contributed by atoms with E-state index in [1.165, 1.54) is 17.4 Å². The lowest BCUT2D eigenvalue weighted by Gasteiger charge is -2.30. The van der Waals surface area contributed by atoms with Crippen LogP contribution in [0, 0.1) is 0 Å². The van der Waals surface area contributed by atoms with E-state index in [4.69, 9.17) is 4.74 Å². The molecular weight excluding hydrogens is 312 g/mol. The van der Waals surface area contributed by atoms with E-state index >= 15 is 0 Å². The van der Waals surface area contributed by atoms with Crippen molar-refractivity contribution in [3.05, 3.63) is 29.3 Å². The van der Waals surface area contributed by atoms with Crippen molar-refractivity contribution in [3.63, 3.8) is 0 Å². The molecule has 2 N–H and O–H groups in total. The molecule has 1 aliphatic rings. The van der Waals surface area contributed by atoms with E-state index in [0.717, 1.165) is 37.9 Å². The Hall–Kier alpha value is -1.11. The maximum absolute atomic E-state index is 11.2. The van der Waals surface area contributed by atoms with E-state index in [1.54, 1.807) is 7.11 Å². The quantitative estimate of drug-likeness (QED) is 0.758. The van der Waals surface area contributed by atoms with E-state index < -0.39 is 10.0 Å². The number of sulfonamides is 1. The summed E-state index contributed by atoms with van der Waals surface area (Å²) in [4.78, 5) is 0. The Bertz CT molecular complexity index is 602. The summed E-state index contributed by atoms with van der Waals surface area (Å²) in [6.45, 7) is 2.62. The van der Waals surface area contributed by atoms with Crippen molar-refractivity contribution in [3.8, 4) is 5.75 Å². The molecule has 1 aromatic carbocycles. The third kappa shape index (κ3) is 5.48. The molecule has 0 aromatic heterocycles. The lowest BCUT2D eigenvalue weighted by Crippen LogP contribution is -2.43. The molecule has 0 bridgehead atoms. The normalized spacial score (nSPS) is 19.2. The molecule has 23 heavy (non-hydrogen) atoms. The Morgan fingerprint density at radius 3 is 2.83 bits per heavy atom. The molecule has 0 spiro atoms. The number of rotatable bonds is 8. The number of fused-ring (bicyclic) bond motifs is 1. The van der Waals surface area contributed by atoms with E-state index in [1.807, 2.05) is 6.07 Å². The van der Waals surface area contributed by atoms with Crippen LogP contribution in [0.4, 0.5) is 0 Å². The maximum atomic E-state index is 11.2. The molecule has 5 nitrogen and oxygen atoms in total. The van der Waals surface area contributed by atoms with Crippen molar-refractivity contribution in [2.24, 2.45) is 0 Å². The van der Waals surface area contributed by atoms with Crippen molar-refractivity contribution < 1.29 is 13.2 Å². The summed E-state index contributed by atoms with van der Waals surface area (Å²) in [5.74, 6) is 0.973. The van der Waals surface area contributed by atoms with Crippen molar-refractivity contribution in [1.29, 1.82) is 0 Å². The molecular formula is C17H28N2O3S. The Morgan fingerprint density at radius 2 is 2.17 bits per heavy atom. The minimum absolute atomic E-state index is 0.325. The largest absolute Gasteiger partial charge is 0.496 e. The molecule has 0 aliphatic heterocycles. The summed E-state index contributed by atoms with van der Waals surface area (Å²) < 4.78 is 30.4. The van der Waals surface area contributed by atoms with Crippen molar-refractivity contribution in [2.75, 3.05) is 19.9 Å². The Labute approximate surface area is 139 Å². The van der Waals surface area contributed by atoms with E-state index in [0.29, 0.717) is 18.6 Å². The van der Waals surface area contributed by atoms with Crippen LogP contribution in [0.15, 0.2) is 18.2 Å². The lowest BCUT2D eigenvalue weighted by atomic mass is 9.87. The van der Waals surface area contributed by atoms with E-state index in [9.17, 15) is 8.42 Å². The molecule has 2 rings (SSSR count). The topological polar surface area (TPSA) is 67.4 Å². The van der Waals surface area contributed by atoms with Gasteiger partial charge in [-0.15, -0.1) is 0 Å². The highest BCUT2D eigenvalue weighted by Gasteiger charge is 2.23. The monoisotopic (exact) mass is 340 g/mol. The van der Waals surface area contributed by atoms with Gasteiger partial charge in [0.05, 0.1) is 13.4 Å². The third-order valence-electron chi connectivity index (χ3n) is 4.48. The molecule has 6 heteroatoms. The summed E-state index contributed by atoms with van der Waals surface area (Å²) in [5, 5.41) is 3.69. The second-order valence-electron chi connectivity index (χ2n) is 6.26. The first-order valence-corrected chi connectivity index (χ1v) is 10.2. The second-order valence-corrected chi connectivity index (χ2v) is 8.10. The Kier molecular flexibility index (Phi) is 6.44. The van der Waals surface area contributed by atoms with Gasteiger partial charge >= 0.3 is 0 Å². The molecule has 0 saturated carbocycles. The first kappa shape index (κ1) is 18.2. The highest BCUT2D eigenvalue weighted by Crippen LogP contribution is 2.29. The number of ether oxygens (including phenoxy) is 1. The summed E-state index contributed by atoms with van der Waals surface area (Å²) in [6, 6.07) is 7.00. The molecule has 0 heterocycles. The zero-order chi connectivity index (χ0) is 16.9. The van der Waals surface area contributed by atoms with Crippen LogP contribution in [-0.4, -0.2) is 40.4 Å². The van der Waals surface area contributed by atoms with Gasteiger partial charge < -0.3 is 10.1 Å². The van der Waals surface area contributed by atoms with E-state index in [2.05, 4.69) is 29.1 Å². The predicted octanol–water partition coefficient (Wildman–Crippen LogP) is 1.86. The van der Waals surface area contributed by atoms with Crippen LogP contribution in [0.1, 0.15) is 37.3 Å². The summed E-state index contributed by atoms with van der Waals surface area (Å²) in [5.41, 5.74) is 2.69. The lowest BCUT2D eigenvalue weighted by molar-refractivity contribution is 0.359. The molecule has 130 valence electrons. The fourth-order valence-electron chi connectivity index (χ4n) is 3.25. The molecule has 0 amide bonds. The van der Waals surface area contributed by atoms with Crippen LogP contribution in [0.2, 0.25) is 0 Å². The smallest absolute Gasteiger partial charge is 0.208 e. The second kappa shape index (κ2) is 8.13. The number of nitrogens with one attached hydrogen (secondary N) is 2. The van der Waals surface area contributed by atoms with Gasteiger partial charge in [-0.3, -0.25) is 0 Å². The first-order chi connectivity index (χ1) is 10.9. The number of hydrogen-bond donors (Lipinski definition) is 2. The van der Waals surface area contributed by atoms with Gasteiger partial charge in [0.1, 0.15) is 5.75 Å². The van der Waals surface area contributed by atoms with Crippen LogP contribution in [0.25, 0.3) is 0 Å². The standard InChI is InChI=1S/C17H28N2O3S/c1-4-14(10-11-18-23(3,20)21)19-15-9-8-13-6-5-7-17(22-2)16(13)12-15/h5-7,14-15,18-19H,4,8-12H2,1-3H3. The van der Waals surface area contributed by atoms with Crippen molar-refractivity contribution >= 4 is 10.0 Å². The van der Waals surface area contributed by atoms with Gasteiger partial charge in [0.25, 0.3) is 0 Å². The van der Waals surface area contributed by atoms with Gasteiger partial charge in [-0.25, -0.2) is 13.1 Å². The van der Waals surface area contributed by atoms with Crippen LogP contribution in [0.5, 0.6) is 5.75 Å². The molecule has 0 saturated heterocycles. The first-order valence-electron chi connectivity index (χ1n) is 8.28. The number of benzene rings is 1. The molecule has 0 radical (unpaired) electrons. The maximum Gasteiger partial charge on any atom is 0.208 e. The SMILES string of the molecule is CCC(CCNS(C)(=O)=O)NC1CCc2cccc(OC)c2C1. The molecule has 2 atom stereocenters. The van der Waals surface area contributed by atoms with Gasteiger partial charge in [0, 0.05) is 18.6 Å². The molecule has 0 fully saturated rings. The summed E-state index contributed by atoms with van der Waals surface area (Å²) >= 11 is 0. The predicted molar refractivity (Wildman–Crippen MR) is 93.5 cm³/mol. The number of hydrogen-bond acceptors (Lipinski definition) is 4. The Morgan fingerprint density at radius 1 is 1.39 bits per heavy atom. The number of methoxy groups -OCH3 is 1. The molecule has 2 unspecified atom stereocenters. The van der Waals surface area contributed by atoms with Crippen LogP contribution in [0.3, 0.4) is 0 Å². The minimum Gasteiger partial charge on any atom is -0.496 e. The fraction of sp³-hybridized carbons (Fsp3) is 0.647. The zero-order valence-electron chi connectivity index (χ0n) is 14.3. The van der Waals surface area contributed by atoms with Crippen molar-refractivity contribution in [1.82, 2.24) is 10.0 Å². The van der Waals surface area contributed by atoms with Crippen LogP contribution >= 0.6 is 0 Å². The highest BCUT2D eigenvalue weighted by atomic mass is 32.2. The Balaban J connectivity index is 1.92. The molecule has 1 aromatic rings. The average molecular weight is 340 g/mol. The van der Waals surface area contributed by atoms with Gasteiger partial charge in [0.15, 0.2) is 0 Å². The highest BCUT2D eigenvalue weighted by molar-refractivity contribution is 7.88. The number of aryl methyl sites for hydroxylation is 1. The average Bonchev–Trinajstić information content (AvgIpc) is 2.52. The van der Waals surface area contributed by atoms with Crippen LogP contribution in [-0.2, 0) is 22.9 Å². The van der Waals surface area contributed by atoms with Crippen LogP contribution < -0.4 is 14.8 Å². The van der Waals surface area contributed by atoms with Gasteiger partial charge in [-0.2, -0.15) is 0 Å². The van der Waals surface area contributed by atoms with Gasteiger partial charge in [-0.1, -0.05) is 19.1 Å². The fourth-order valence-corrected chi connectivity index (χ4v) is 3.73. The van der Waals surface area contributed by atoms with Gasteiger partial charge in [-0.05, 0) is 49.3 Å². The zero-order valence-corrected chi connectivity index (χ0v) is 15.1. The molecule has 1 aliphatic carbocycles. The van der Waals surface area contributed by atoms with Crippen molar-refractivity contribution in [2.45, 2.75) is 51.1 Å². The summed E-state index contributed by atoms with van der Waals surface area (Å²) in [6.07, 6.45) is 6.12. The summed E-state index contributed by atoms with van der Waals surface area (Å²) in [7, 11) is -1.38. The van der Waals surface area contributed by atoms with E-state index in [-0.39, 0.29) is 0 Å². The minimum atomic E-state index is -3.10.